The highest BCUT2D eigenvalue weighted by Gasteiger charge is 2.25. The van der Waals surface area contributed by atoms with Gasteiger partial charge in [0.1, 0.15) is 5.82 Å². The van der Waals surface area contributed by atoms with Crippen LogP contribution in [0.4, 0.5) is 20.6 Å². The third kappa shape index (κ3) is 4.68. The van der Waals surface area contributed by atoms with Crippen LogP contribution in [0.15, 0.2) is 42.5 Å². The molecule has 8 nitrogen and oxygen atoms in total. The van der Waals surface area contributed by atoms with Crippen molar-refractivity contribution in [3.05, 3.63) is 59.4 Å². The normalized spacial score (nSPS) is 13.7. The smallest absolute Gasteiger partial charge is 0.409 e. The number of carboxylic acid groups (broad SMARTS) is 1. The molecule has 1 saturated heterocycles. The number of ether oxygens (including phenoxy) is 1. The summed E-state index contributed by atoms with van der Waals surface area (Å²) in [6, 6.07) is 10.1. The second-order valence-corrected chi connectivity index (χ2v) is 6.64. The summed E-state index contributed by atoms with van der Waals surface area (Å²) in [7, 11) is 0. The molecule has 2 aromatic rings. The van der Waals surface area contributed by atoms with Crippen LogP contribution in [0.1, 0.15) is 27.6 Å². The number of halogens is 1. The molecule has 3 rings (SSSR count). The molecule has 0 radical (unpaired) electrons. The zero-order valence-corrected chi connectivity index (χ0v) is 16.4. The first-order valence-electron chi connectivity index (χ1n) is 9.50. The van der Waals surface area contributed by atoms with Crippen LogP contribution in [-0.2, 0) is 4.74 Å². The van der Waals surface area contributed by atoms with Gasteiger partial charge in [0.2, 0.25) is 0 Å². The quantitative estimate of drug-likeness (QED) is 0.779. The molecule has 0 unspecified atom stereocenters. The summed E-state index contributed by atoms with van der Waals surface area (Å²) in [5.74, 6) is -2.48. The van der Waals surface area contributed by atoms with Gasteiger partial charge in [0, 0.05) is 31.9 Å². The molecule has 2 amide bonds. The van der Waals surface area contributed by atoms with Crippen LogP contribution >= 0.6 is 0 Å². The van der Waals surface area contributed by atoms with E-state index in [1.807, 2.05) is 4.90 Å². The lowest BCUT2D eigenvalue weighted by atomic mass is 10.1. The number of nitrogens with zero attached hydrogens (tertiary/aromatic N) is 2. The minimum absolute atomic E-state index is 0.00548. The Bertz CT molecular complexity index is 957. The predicted molar refractivity (Wildman–Crippen MR) is 109 cm³/mol. The molecule has 2 aromatic carbocycles. The number of aromatic carboxylic acids is 1. The maximum absolute atomic E-state index is 13.8. The average Bonchev–Trinajstić information content (AvgIpc) is 2.74. The highest BCUT2D eigenvalue weighted by Crippen LogP contribution is 2.26. The van der Waals surface area contributed by atoms with E-state index in [4.69, 9.17) is 4.74 Å². The Kier molecular flexibility index (Phi) is 6.51. The number of carbonyl (C=O) groups excluding carboxylic acids is 2. The topological polar surface area (TPSA) is 99.2 Å². The molecular formula is C21H22FN3O5. The third-order valence-electron chi connectivity index (χ3n) is 4.75. The Labute approximate surface area is 172 Å². The number of hydrogen-bond donors (Lipinski definition) is 2. The largest absolute Gasteiger partial charge is 0.478 e. The number of amides is 2. The molecule has 0 aromatic heterocycles. The lowest BCUT2D eigenvalue weighted by molar-refractivity contribution is 0.0696. The second-order valence-electron chi connectivity index (χ2n) is 6.64. The summed E-state index contributed by atoms with van der Waals surface area (Å²) in [6.07, 6.45) is -0.387. The molecule has 1 fully saturated rings. The van der Waals surface area contributed by atoms with Crippen molar-refractivity contribution < 1.29 is 28.6 Å². The zero-order valence-electron chi connectivity index (χ0n) is 16.4. The second kappa shape index (κ2) is 9.25. The summed E-state index contributed by atoms with van der Waals surface area (Å²) < 4.78 is 18.8. The zero-order chi connectivity index (χ0) is 21.7. The third-order valence-corrected chi connectivity index (χ3v) is 4.75. The standard InChI is InChI=1S/C21H22FN3O5/c1-2-30-21(29)25-11-9-24(10-12-25)18-8-7-14(13-16(18)20(27)28)23-19(26)15-5-3-4-6-17(15)22/h3-8,13H,2,9-12H2,1H3,(H,23,26)(H,27,28). The van der Waals surface area contributed by atoms with Crippen LogP contribution < -0.4 is 10.2 Å². The van der Waals surface area contributed by atoms with E-state index in [9.17, 15) is 23.9 Å². The summed E-state index contributed by atoms with van der Waals surface area (Å²) in [6.45, 7) is 3.73. The van der Waals surface area contributed by atoms with Gasteiger partial charge >= 0.3 is 12.1 Å². The molecule has 0 aliphatic carbocycles. The maximum Gasteiger partial charge on any atom is 0.409 e. The monoisotopic (exact) mass is 415 g/mol. The first-order valence-corrected chi connectivity index (χ1v) is 9.50. The van der Waals surface area contributed by atoms with Crippen LogP contribution in [0.2, 0.25) is 0 Å². The fraction of sp³-hybridized carbons (Fsp3) is 0.286. The highest BCUT2D eigenvalue weighted by molar-refractivity contribution is 6.05. The molecule has 1 aliphatic rings. The van der Waals surface area contributed by atoms with E-state index < -0.39 is 17.7 Å². The van der Waals surface area contributed by atoms with Crippen molar-refractivity contribution in [3.63, 3.8) is 0 Å². The number of rotatable bonds is 5. The fourth-order valence-corrected chi connectivity index (χ4v) is 3.25. The molecule has 30 heavy (non-hydrogen) atoms. The molecule has 158 valence electrons. The van der Waals surface area contributed by atoms with Gasteiger partial charge in [0.25, 0.3) is 5.91 Å². The molecule has 1 heterocycles. The summed E-state index contributed by atoms with van der Waals surface area (Å²) >= 11 is 0. The number of benzene rings is 2. The number of nitrogens with one attached hydrogen (secondary N) is 1. The van der Waals surface area contributed by atoms with Gasteiger partial charge in [-0.2, -0.15) is 0 Å². The lowest BCUT2D eigenvalue weighted by Crippen LogP contribution is -2.49. The van der Waals surface area contributed by atoms with Gasteiger partial charge < -0.3 is 25.0 Å². The number of anilines is 2. The van der Waals surface area contributed by atoms with Crippen molar-refractivity contribution in [2.45, 2.75) is 6.92 Å². The van der Waals surface area contributed by atoms with Crippen LogP contribution in [0.5, 0.6) is 0 Å². The Morgan fingerprint density at radius 1 is 1.07 bits per heavy atom. The van der Waals surface area contributed by atoms with E-state index in [-0.39, 0.29) is 22.9 Å². The van der Waals surface area contributed by atoms with Gasteiger partial charge in [-0.05, 0) is 37.3 Å². The number of hydrogen-bond acceptors (Lipinski definition) is 5. The van der Waals surface area contributed by atoms with E-state index >= 15 is 0 Å². The van der Waals surface area contributed by atoms with Crippen LogP contribution in [-0.4, -0.2) is 60.8 Å². The van der Waals surface area contributed by atoms with Crippen molar-refractivity contribution >= 4 is 29.3 Å². The Balaban J connectivity index is 1.75. The van der Waals surface area contributed by atoms with Crippen molar-refractivity contribution in [2.75, 3.05) is 43.0 Å². The Morgan fingerprint density at radius 2 is 1.77 bits per heavy atom. The Hall–Kier alpha value is -3.62. The van der Waals surface area contributed by atoms with Gasteiger partial charge in [-0.3, -0.25) is 4.79 Å². The van der Waals surface area contributed by atoms with Gasteiger partial charge in [0.05, 0.1) is 23.4 Å². The van der Waals surface area contributed by atoms with Gasteiger partial charge in [0.15, 0.2) is 0 Å². The first-order chi connectivity index (χ1) is 14.4. The van der Waals surface area contributed by atoms with Gasteiger partial charge in [-0.25, -0.2) is 14.0 Å². The lowest BCUT2D eigenvalue weighted by Gasteiger charge is -2.36. The van der Waals surface area contributed by atoms with E-state index in [2.05, 4.69) is 5.32 Å². The predicted octanol–water partition coefficient (Wildman–Crippen LogP) is 3.05. The molecule has 9 heteroatoms. The van der Waals surface area contributed by atoms with E-state index in [0.29, 0.717) is 38.5 Å². The van der Waals surface area contributed by atoms with E-state index in [1.165, 1.54) is 24.3 Å². The van der Waals surface area contributed by atoms with Crippen LogP contribution in [0, 0.1) is 5.82 Å². The minimum atomic E-state index is -1.15. The van der Waals surface area contributed by atoms with E-state index in [1.54, 1.807) is 30.0 Å². The van der Waals surface area contributed by atoms with Crippen molar-refractivity contribution in [1.82, 2.24) is 4.90 Å². The molecule has 0 bridgehead atoms. The van der Waals surface area contributed by atoms with Gasteiger partial charge in [-0.15, -0.1) is 0 Å². The highest BCUT2D eigenvalue weighted by atomic mass is 19.1. The summed E-state index contributed by atoms with van der Waals surface area (Å²) in [5.41, 5.74) is 0.601. The van der Waals surface area contributed by atoms with E-state index in [0.717, 1.165) is 0 Å². The maximum atomic E-state index is 13.8. The van der Waals surface area contributed by atoms with Crippen LogP contribution in [0.25, 0.3) is 0 Å². The first kappa shape index (κ1) is 21.1. The fourth-order valence-electron chi connectivity index (χ4n) is 3.25. The van der Waals surface area contributed by atoms with Gasteiger partial charge in [-0.1, -0.05) is 12.1 Å². The molecule has 0 saturated carbocycles. The molecular weight excluding hydrogens is 393 g/mol. The minimum Gasteiger partial charge on any atom is -0.478 e. The molecule has 0 atom stereocenters. The average molecular weight is 415 g/mol. The van der Waals surface area contributed by atoms with Crippen molar-refractivity contribution in [3.8, 4) is 0 Å². The Morgan fingerprint density at radius 3 is 2.40 bits per heavy atom. The van der Waals surface area contributed by atoms with Crippen molar-refractivity contribution in [2.24, 2.45) is 0 Å². The van der Waals surface area contributed by atoms with Crippen molar-refractivity contribution in [1.29, 1.82) is 0 Å². The molecule has 0 spiro atoms. The number of piperazine rings is 1. The summed E-state index contributed by atoms with van der Waals surface area (Å²) in [5, 5.41) is 12.2. The number of carboxylic acids is 1. The SMILES string of the molecule is CCOC(=O)N1CCN(c2ccc(NC(=O)c3ccccc3F)cc2C(=O)O)CC1. The van der Waals surface area contributed by atoms with Crippen LogP contribution in [0.3, 0.4) is 0 Å². The molecule has 2 N–H and O–H groups in total. The summed E-state index contributed by atoms with van der Waals surface area (Å²) in [4.78, 5) is 39.4. The molecule has 1 aliphatic heterocycles. The number of carbonyl (C=O) groups is 3.